The van der Waals surface area contributed by atoms with Gasteiger partial charge in [0.15, 0.2) is 11.5 Å². The molecule has 2 aliphatic heterocycles. The van der Waals surface area contributed by atoms with Crippen molar-refractivity contribution in [2.45, 2.75) is 18.6 Å². The maximum absolute atomic E-state index is 12.7. The number of carbonyl (C=O) groups is 1. The van der Waals surface area contributed by atoms with Crippen LogP contribution in [0.4, 0.5) is 5.69 Å². The second-order valence-corrected chi connectivity index (χ2v) is 5.93. The van der Waals surface area contributed by atoms with E-state index in [4.69, 9.17) is 31.5 Å². The Labute approximate surface area is 139 Å². The van der Waals surface area contributed by atoms with Crippen LogP contribution in [0, 0.1) is 0 Å². The van der Waals surface area contributed by atoms with Crippen LogP contribution in [0.5, 0.6) is 11.5 Å². The lowest BCUT2D eigenvalue weighted by atomic mass is 10.0. The van der Waals surface area contributed by atoms with Crippen molar-refractivity contribution >= 4 is 23.2 Å². The highest BCUT2D eigenvalue weighted by Crippen LogP contribution is 2.43. The van der Waals surface area contributed by atoms with Gasteiger partial charge in [0, 0.05) is 13.7 Å². The molecule has 1 amide bonds. The largest absolute Gasteiger partial charge is 0.485 e. The standard InChI is InChI=1S/C15H20ClN3O4/c1-21-11-7-18-3-2-10(11)19-15(20)8-6-9(16)12(17)14-13(8)22-4-5-23-14/h6,10-11,18H,2-5,7,17H2,1H3,(H,19,20)/t10-,11+/m1/s1. The van der Waals surface area contributed by atoms with Crippen LogP contribution in [0.3, 0.4) is 0 Å². The molecule has 1 saturated heterocycles. The molecule has 0 radical (unpaired) electrons. The number of nitrogen functional groups attached to an aromatic ring is 1. The van der Waals surface area contributed by atoms with E-state index in [1.807, 2.05) is 0 Å². The summed E-state index contributed by atoms with van der Waals surface area (Å²) in [6.45, 7) is 2.26. The highest BCUT2D eigenvalue weighted by Gasteiger charge is 2.30. The molecule has 0 aliphatic carbocycles. The highest BCUT2D eigenvalue weighted by molar-refractivity contribution is 6.34. The van der Waals surface area contributed by atoms with E-state index in [2.05, 4.69) is 10.6 Å². The zero-order chi connectivity index (χ0) is 16.4. The van der Waals surface area contributed by atoms with Gasteiger partial charge in [-0.2, -0.15) is 0 Å². The first-order chi connectivity index (χ1) is 11.1. The maximum Gasteiger partial charge on any atom is 0.255 e. The van der Waals surface area contributed by atoms with Crippen molar-refractivity contribution in [3.8, 4) is 11.5 Å². The number of nitrogens with two attached hydrogens (primary N) is 1. The lowest BCUT2D eigenvalue weighted by Crippen LogP contribution is -2.53. The van der Waals surface area contributed by atoms with Gasteiger partial charge in [0.2, 0.25) is 0 Å². The normalized spacial score (nSPS) is 23.4. The lowest BCUT2D eigenvalue weighted by molar-refractivity contribution is 0.0474. The first kappa shape index (κ1) is 16.2. The predicted octanol–water partition coefficient (Wildman–Crippen LogP) is 0.800. The summed E-state index contributed by atoms with van der Waals surface area (Å²) < 4.78 is 16.5. The van der Waals surface area contributed by atoms with E-state index in [1.165, 1.54) is 6.07 Å². The fourth-order valence-corrected chi connectivity index (χ4v) is 3.05. The number of hydrogen-bond acceptors (Lipinski definition) is 6. The molecule has 3 rings (SSSR count). The van der Waals surface area contributed by atoms with Crippen molar-refractivity contribution < 1.29 is 19.0 Å². The zero-order valence-corrected chi connectivity index (χ0v) is 13.6. The predicted molar refractivity (Wildman–Crippen MR) is 86.4 cm³/mol. The lowest BCUT2D eigenvalue weighted by Gasteiger charge is -2.32. The summed E-state index contributed by atoms with van der Waals surface area (Å²) >= 11 is 6.12. The Kier molecular flexibility index (Phi) is 4.79. The van der Waals surface area contributed by atoms with Crippen LogP contribution in [-0.2, 0) is 4.74 Å². The van der Waals surface area contributed by atoms with Gasteiger partial charge in [-0.25, -0.2) is 0 Å². The number of amides is 1. The Morgan fingerprint density at radius 2 is 2.17 bits per heavy atom. The van der Waals surface area contributed by atoms with E-state index in [0.717, 1.165) is 13.0 Å². The fourth-order valence-electron chi connectivity index (χ4n) is 2.85. The van der Waals surface area contributed by atoms with Gasteiger partial charge < -0.3 is 30.6 Å². The van der Waals surface area contributed by atoms with Crippen molar-refractivity contribution in [2.24, 2.45) is 0 Å². The van der Waals surface area contributed by atoms with Crippen LogP contribution in [-0.4, -0.2) is 51.5 Å². The highest BCUT2D eigenvalue weighted by atomic mass is 35.5. The summed E-state index contributed by atoms with van der Waals surface area (Å²) in [5.74, 6) is 0.406. The number of anilines is 1. The summed E-state index contributed by atoms with van der Waals surface area (Å²) in [6, 6.07) is 1.44. The number of rotatable bonds is 3. The minimum atomic E-state index is -0.275. The van der Waals surface area contributed by atoms with Crippen LogP contribution < -0.4 is 25.8 Å². The van der Waals surface area contributed by atoms with Gasteiger partial charge in [-0.15, -0.1) is 0 Å². The molecule has 126 valence electrons. The van der Waals surface area contributed by atoms with Crippen molar-refractivity contribution in [3.63, 3.8) is 0 Å². The van der Waals surface area contributed by atoms with Crippen LogP contribution in [0.15, 0.2) is 6.07 Å². The molecule has 2 aliphatic rings. The molecule has 23 heavy (non-hydrogen) atoms. The van der Waals surface area contributed by atoms with Gasteiger partial charge in [0.1, 0.15) is 13.2 Å². The molecular weight excluding hydrogens is 322 g/mol. The fraction of sp³-hybridized carbons (Fsp3) is 0.533. The molecule has 0 aromatic heterocycles. The van der Waals surface area contributed by atoms with Crippen LogP contribution in [0.25, 0.3) is 0 Å². The monoisotopic (exact) mass is 341 g/mol. The number of benzene rings is 1. The summed E-state index contributed by atoms with van der Waals surface area (Å²) in [4.78, 5) is 12.7. The van der Waals surface area contributed by atoms with E-state index < -0.39 is 0 Å². The Hall–Kier alpha value is -1.70. The van der Waals surface area contributed by atoms with E-state index in [0.29, 0.717) is 36.8 Å². The number of ether oxygens (including phenoxy) is 3. The van der Waals surface area contributed by atoms with Gasteiger partial charge in [-0.3, -0.25) is 4.79 Å². The average molecular weight is 342 g/mol. The molecular formula is C15H20ClN3O4. The van der Waals surface area contributed by atoms with Gasteiger partial charge in [-0.05, 0) is 19.0 Å². The third-order valence-electron chi connectivity index (χ3n) is 4.09. The molecule has 1 fully saturated rings. The molecule has 4 N–H and O–H groups in total. The molecule has 8 heteroatoms. The molecule has 1 aromatic rings. The Bertz CT molecular complexity index is 611. The number of hydrogen-bond donors (Lipinski definition) is 3. The van der Waals surface area contributed by atoms with Gasteiger partial charge in [-0.1, -0.05) is 11.6 Å². The molecule has 0 bridgehead atoms. The van der Waals surface area contributed by atoms with Crippen molar-refractivity contribution in [3.05, 3.63) is 16.7 Å². The Morgan fingerprint density at radius 1 is 1.43 bits per heavy atom. The second-order valence-electron chi connectivity index (χ2n) is 5.52. The van der Waals surface area contributed by atoms with Crippen molar-refractivity contribution in [1.29, 1.82) is 0 Å². The van der Waals surface area contributed by atoms with Crippen LogP contribution in [0.2, 0.25) is 5.02 Å². The number of carbonyl (C=O) groups excluding carboxylic acids is 1. The third-order valence-corrected chi connectivity index (χ3v) is 4.40. The SMILES string of the molecule is CO[C@H]1CNCC[C@H]1NC(=O)c1cc(Cl)c(N)c2c1OCCO2. The quantitative estimate of drug-likeness (QED) is 0.704. The summed E-state index contributed by atoms with van der Waals surface area (Å²) in [5.41, 5.74) is 6.52. The molecule has 0 saturated carbocycles. The second kappa shape index (κ2) is 6.82. The smallest absolute Gasteiger partial charge is 0.255 e. The molecule has 2 atom stereocenters. The third kappa shape index (κ3) is 3.17. The first-order valence-corrected chi connectivity index (χ1v) is 7.91. The first-order valence-electron chi connectivity index (χ1n) is 7.53. The summed E-state index contributed by atoms with van der Waals surface area (Å²) in [7, 11) is 1.63. The topological polar surface area (TPSA) is 94.8 Å². The molecule has 0 spiro atoms. The van der Waals surface area contributed by atoms with Crippen LogP contribution in [0.1, 0.15) is 16.8 Å². The maximum atomic E-state index is 12.7. The summed E-state index contributed by atoms with van der Waals surface area (Å²) in [5, 5.41) is 6.50. The van der Waals surface area contributed by atoms with E-state index in [-0.39, 0.29) is 28.8 Å². The minimum absolute atomic E-state index is 0.0785. The van der Waals surface area contributed by atoms with Crippen molar-refractivity contribution in [2.75, 3.05) is 39.1 Å². The van der Waals surface area contributed by atoms with Gasteiger partial charge in [0.05, 0.1) is 28.4 Å². The Balaban J connectivity index is 1.86. The van der Waals surface area contributed by atoms with E-state index >= 15 is 0 Å². The van der Waals surface area contributed by atoms with Crippen LogP contribution >= 0.6 is 11.6 Å². The number of halogens is 1. The molecule has 1 aromatic carbocycles. The van der Waals surface area contributed by atoms with Crippen molar-refractivity contribution in [1.82, 2.24) is 10.6 Å². The molecule has 0 unspecified atom stereocenters. The van der Waals surface area contributed by atoms with E-state index in [9.17, 15) is 4.79 Å². The van der Waals surface area contributed by atoms with Gasteiger partial charge >= 0.3 is 0 Å². The van der Waals surface area contributed by atoms with E-state index in [1.54, 1.807) is 7.11 Å². The number of fused-ring (bicyclic) bond motifs is 1. The molecule has 7 nitrogen and oxygen atoms in total. The zero-order valence-electron chi connectivity index (χ0n) is 12.9. The Morgan fingerprint density at radius 3 is 2.91 bits per heavy atom. The summed E-state index contributed by atoms with van der Waals surface area (Å²) in [6.07, 6.45) is 0.705. The van der Waals surface area contributed by atoms with Gasteiger partial charge in [0.25, 0.3) is 5.91 Å². The average Bonchev–Trinajstić information content (AvgIpc) is 2.58. The number of methoxy groups -OCH3 is 1. The number of piperidine rings is 1. The molecule has 2 heterocycles. The minimum Gasteiger partial charge on any atom is -0.485 e. The number of nitrogens with one attached hydrogen (secondary N) is 2.